The second-order valence-corrected chi connectivity index (χ2v) is 3.72. The first kappa shape index (κ1) is 11.3. The van der Waals surface area contributed by atoms with Crippen molar-refractivity contribution in [3.8, 4) is 5.88 Å². The number of amides is 1. The van der Waals surface area contributed by atoms with Crippen molar-refractivity contribution in [2.45, 2.75) is 13.8 Å². The summed E-state index contributed by atoms with van der Waals surface area (Å²) in [5.74, 6) is -0.327. The van der Waals surface area contributed by atoms with Crippen LogP contribution < -0.4 is 10.9 Å². The van der Waals surface area contributed by atoms with E-state index in [9.17, 15) is 9.59 Å². The van der Waals surface area contributed by atoms with Crippen molar-refractivity contribution < 1.29 is 9.90 Å². The van der Waals surface area contributed by atoms with Crippen LogP contribution in [-0.4, -0.2) is 22.5 Å². The summed E-state index contributed by atoms with van der Waals surface area (Å²) in [5.41, 5.74) is -0.332. The molecule has 1 aromatic rings. The third-order valence-electron chi connectivity index (χ3n) is 1.76. The molecule has 5 heteroatoms. The van der Waals surface area contributed by atoms with Crippen LogP contribution in [-0.2, 0) is 0 Å². The van der Waals surface area contributed by atoms with Crippen molar-refractivity contribution in [1.29, 1.82) is 0 Å². The zero-order valence-electron chi connectivity index (χ0n) is 8.70. The Hall–Kier alpha value is -1.78. The van der Waals surface area contributed by atoms with Gasteiger partial charge in [0.05, 0.1) is 5.56 Å². The molecule has 3 N–H and O–H groups in total. The van der Waals surface area contributed by atoms with Gasteiger partial charge in [-0.1, -0.05) is 13.8 Å². The fourth-order valence-electron chi connectivity index (χ4n) is 1.06. The van der Waals surface area contributed by atoms with E-state index in [-0.39, 0.29) is 17.4 Å². The smallest absolute Gasteiger partial charge is 0.251 e. The predicted molar refractivity (Wildman–Crippen MR) is 55.9 cm³/mol. The molecule has 1 heterocycles. The first-order valence-corrected chi connectivity index (χ1v) is 4.70. The summed E-state index contributed by atoms with van der Waals surface area (Å²) in [5, 5.41) is 11.7. The van der Waals surface area contributed by atoms with Crippen LogP contribution >= 0.6 is 0 Å². The lowest BCUT2D eigenvalue weighted by Crippen LogP contribution is -2.28. The van der Waals surface area contributed by atoms with Gasteiger partial charge in [-0.15, -0.1) is 0 Å². The zero-order valence-corrected chi connectivity index (χ0v) is 8.70. The third kappa shape index (κ3) is 3.46. The molecule has 0 radical (unpaired) electrons. The molecule has 1 rings (SSSR count). The zero-order chi connectivity index (χ0) is 11.4. The summed E-state index contributed by atoms with van der Waals surface area (Å²) < 4.78 is 0. The van der Waals surface area contributed by atoms with E-state index < -0.39 is 5.56 Å². The van der Waals surface area contributed by atoms with Gasteiger partial charge in [0.15, 0.2) is 5.88 Å². The standard InChI is InChI=1S/C10H14N2O3/c1-6(2)5-11-10(15)7-3-8(13)12-9(14)4-7/h3-4,6H,5H2,1-2H3,(H,11,15)(H2,12,13,14). The number of pyridine rings is 1. The van der Waals surface area contributed by atoms with E-state index in [0.29, 0.717) is 12.5 Å². The highest BCUT2D eigenvalue weighted by atomic mass is 16.3. The topological polar surface area (TPSA) is 82.2 Å². The molecule has 0 saturated heterocycles. The summed E-state index contributed by atoms with van der Waals surface area (Å²) in [7, 11) is 0. The second kappa shape index (κ2) is 4.63. The van der Waals surface area contributed by atoms with Gasteiger partial charge in [0.1, 0.15) is 0 Å². The average molecular weight is 210 g/mol. The maximum absolute atomic E-state index is 11.5. The molecule has 0 aliphatic heterocycles. The van der Waals surface area contributed by atoms with Gasteiger partial charge < -0.3 is 10.4 Å². The normalized spacial score (nSPS) is 10.3. The lowest BCUT2D eigenvalue weighted by molar-refractivity contribution is 0.0948. The number of rotatable bonds is 3. The van der Waals surface area contributed by atoms with Crippen molar-refractivity contribution >= 4 is 5.91 Å². The molecule has 0 spiro atoms. The van der Waals surface area contributed by atoms with E-state index >= 15 is 0 Å². The Kier molecular flexibility index (Phi) is 3.49. The summed E-state index contributed by atoms with van der Waals surface area (Å²) in [6.07, 6.45) is 0. The molecule has 0 saturated carbocycles. The minimum absolute atomic E-state index is 0.164. The fourth-order valence-corrected chi connectivity index (χ4v) is 1.06. The Balaban J connectivity index is 2.78. The summed E-state index contributed by atoms with van der Waals surface area (Å²) >= 11 is 0. The van der Waals surface area contributed by atoms with Gasteiger partial charge in [-0.2, -0.15) is 0 Å². The van der Waals surface area contributed by atoms with Gasteiger partial charge in [-0.25, -0.2) is 0 Å². The molecule has 82 valence electrons. The Morgan fingerprint density at radius 2 is 2.20 bits per heavy atom. The highest BCUT2D eigenvalue weighted by Crippen LogP contribution is 2.03. The Labute approximate surface area is 87.1 Å². The lowest BCUT2D eigenvalue weighted by Gasteiger charge is -2.07. The predicted octanol–water partition coefficient (Wildman–Crippen LogP) is 0.466. The largest absolute Gasteiger partial charge is 0.494 e. The van der Waals surface area contributed by atoms with E-state index in [1.54, 1.807) is 0 Å². The summed E-state index contributed by atoms with van der Waals surface area (Å²) in [4.78, 5) is 24.6. The summed E-state index contributed by atoms with van der Waals surface area (Å²) in [6, 6.07) is 2.37. The number of carbonyl (C=O) groups is 1. The quantitative estimate of drug-likeness (QED) is 0.678. The van der Waals surface area contributed by atoms with Crippen LogP contribution in [0.1, 0.15) is 24.2 Å². The van der Waals surface area contributed by atoms with E-state index in [1.807, 2.05) is 13.8 Å². The molecule has 5 nitrogen and oxygen atoms in total. The maximum Gasteiger partial charge on any atom is 0.251 e. The molecule has 0 aliphatic rings. The lowest BCUT2D eigenvalue weighted by atomic mass is 10.2. The number of nitrogens with one attached hydrogen (secondary N) is 2. The SMILES string of the molecule is CC(C)CNC(=O)c1cc(O)[nH]c(=O)c1. The Bertz CT molecular complexity index is 409. The Morgan fingerprint density at radius 3 is 2.73 bits per heavy atom. The molecule has 15 heavy (non-hydrogen) atoms. The van der Waals surface area contributed by atoms with E-state index in [1.165, 1.54) is 6.07 Å². The number of hydrogen-bond donors (Lipinski definition) is 3. The van der Waals surface area contributed by atoms with Crippen LogP contribution in [0.15, 0.2) is 16.9 Å². The van der Waals surface area contributed by atoms with Crippen LogP contribution in [0.5, 0.6) is 5.88 Å². The molecule has 1 aromatic heterocycles. The second-order valence-electron chi connectivity index (χ2n) is 3.72. The minimum atomic E-state index is -0.496. The first-order chi connectivity index (χ1) is 6.99. The number of H-pyrrole nitrogens is 1. The summed E-state index contributed by atoms with van der Waals surface area (Å²) in [6.45, 7) is 4.47. The molecular weight excluding hydrogens is 196 g/mol. The van der Waals surface area contributed by atoms with Crippen LogP contribution in [0.25, 0.3) is 0 Å². The fraction of sp³-hybridized carbons (Fsp3) is 0.400. The van der Waals surface area contributed by atoms with Crippen molar-refractivity contribution in [3.05, 3.63) is 28.0 Å². The maximum atomic E-state index is 11.5. The van der Waals surface area contributed by atoms with E-state index in [0.717, 1.165) is 6.07 Å². The molecule has 0 unspecified atom stereocenters. The number of carbonyl (C=O) groups excluding carboxylic acids is 1. The van der Waals surface area contributed by atoms with Gasteiger partial charge in [0.2, 0.25) is 0 Å². The number of aromatic hydroxyl groups is 1. The van der Waals surface area contributed by atoms with Gasteiger partial charge >= 0.3 is 0 Å². The minimum Gasteiger partial charge on any atom is -0.494 e. The molecular formula is C10H14N2O3. The van der Waals surface area contributed by atoms with Crippen LogP contribution in [0.2, 0.25) is 0 Å². The monoisotopic (exact) mass is 210 g/mol. The third-order valence-corrected chi connectivity index (χ3v) is 1.76. The molecule has 0 aromatic carbocycles. The molecule has 0 fully saturated rings. The first-order valence-electron chi connectivity index (χ1n) is 4.70. The average Bonchev–Trinajstić information content (AvgIpc) is 2.12. The van der Waals surface area contributed by atoms with Crippen LogP contribution in [0.4, 0.5) is 0 Å². The molecule has 0 aliphatic carbocycles. The van der Waals surface area contributed by atoms with E-state index in [4.69, 9.17) is 5.11 Å². The number of aromatic amines is 1. The highest BCUT2D eigenvalue weighted by molar-refractivity contribution is 5.94. The van der Waals surface area contributed by atoms with Crippen molar-refractivity contribution in [2.24, 2.45) is 5.92 Å². The van der Waals surface area contributed by atoms with Gasteiger partial charge in [-0.05, 0) is 5.92 Å². The van der Waals surface area contributed by atoms with Crippen molar-refractivity contribution in [1.82, 2.24) is 10.3 Å². The Morgan fingerprint density at radius 1 is 1.53 bits per heavy atom. The van der Waals surface area contributed by atoms with Crippen molar-refractivity contribution in [2.75, 3.05) is 6.54 Å². The van der Waals surface area contributed by atoms with Crippen LogP contribution in [0.3, 0.4) is 0 Å². The van der Waals surface area contributed by atoms with Crippen LogP contribution in [0, 0.1) is 5.92 Å². The molecule has 0 bridgehead atoms. The van der Waals surface area contributed by atoms with Crippen molar-refractivity contribution in [3.63, 3.8) is 0 Å². The van der Waals surface area contributed by atoms with Gasteiger partial charge in [0.25, 0.3) is 11.5 Å². The van der Waals surface area contributed by atoms with Gasteiger partial charge in [-0.3, -0.25) is 14.6 Å². The number of aromatic nitrogens is 1. The van der Waals surface area contributed by atoms with Gasteiger partial charge in [0, 0.05) is 18.7 Å². The highest BCUT2D eigenvalue weighted by Gasteiger charge is 2.07. The number of hydrogen-bond acceptors (Lipinski definition) is 3. The molecule has 0 atom stereocenters. The molecule has 1 amide bonds. The van der Waals surface area contributed by atoms with E-state index in [2.05, 4.69) is 10.3 Å².